The molecule has 116 valence electrons. The molecule has 0 bridgehead atoms. The van der Waals surface area contributed by atoms with Gasteiger partial charge in [-0.05, 0) is 45.7 Å². The van der Waals surface area contributed by atoms with E-state index in [9.17, 15) is 4.79 Å². The third-order valence-corrected chi connectivity index (χ3v) is 3.50. The quantitative estimate of drug-likeness (QED) is 0.850. The van der Waals surface area contributed by atoms with E-state index in [1.807, 2.05) is 45.9 Å². The van der Waals surface area contributed by atoms with Crippen LogP contribution in [0.1, 0.15) is 45.6 Å². The highest BCUT2D eigenvalue weighted by Gasteiger charge is 2.31. The molecular weight excluding hydrogens is 266 g/mol. The molecule has 1 saturated heterocycles. The maximum absolute atomic E-state index is 12.1. The van der Waals surface area contributed by atoms with E-state index in [1.165, 1.54) is 5.56 Å². The number of benzene rings is 1. The van der Waals surface area contributed by atoms with Gasteiger partial charge in [0.15, 0.2) is 0 Å². The van der Waals surface area contributed by atoms with E-state index in [1.54, 1.807) is 4.90 Å². The number of amides is 1. The van der Waals surface area contributed by atoms with Gasteiger partial charge in [-0.1, -0.05) is 18.2 Å². The van der Waals surface area contributed by atoms with Gasteiger partial charge >= 0.3 is 6.09 Å². The lowest BCUT2D eigenvalue weighted by Crippen LogP contribution is -2.35. The first-order valence-corrected chi connectivity index (χ1v) is 7.60. The predicted molar refractivity (Wildman–Crippen MR) is 82.8 cm³/mol. The van der Waals surface area contributed by atoms with Gasteiger partial charge in [-0.2, -0.15) is 0 Å². The van der Waals surface area contributed by atoms with Crippen molar-refractivity contribution in [2.45, 2.75) is 45.6 Å². The maximum atomic E-state index is 12.1. The average molecular weight is 291 g/mol. The highest BCUT2D eigenvalue weighted by atomic mass is 16.6. The first kappa shape index (κ1) is 15.7. The maximum Gasteiger partial charge on any atom is 0.410 e. The van der Waals surface area contributed by atoms with Crippen LogP contribution in [0.4, 0.5) is 4.79 Å². The third kappa shape index (κ3) is 4.13. The van der Waals surface area contributed by atoms with Crippen molar-refractivity contribution in [2.75, 3.05) is 19.7 Å². The standard InChI is InChI=1S/C17H25NO3/c1-5-20-15-9-7-6-8-14(15)13-10-11-18(12-13)16(19)21-17(2,3)4/h6-9,13H,5,10-12H2,1-4H3. The second kappa shape index (κ2) is 6.37. The van der Waals surface area contributed by atoms with E-state index in [2.05, 4.69) is 6.07 Å². The lowest BCUT2D eigenvalue weighted by molar-refractivity contribution is 0.0292. The monoisotopic (exact) mass is 291 g/mol. The summed E-state index contributed by atoms with van der Waals surface area (Å²) >= 11 is 0. The van der Waals surface area contributed by atoms with Gasteiger partial charge < -0.3 is 14.4 Å². The van der Waals surface area contributed by atoms with E-state index < -0.39 is 5.60 Å². The van der Waals surface area contributed by atoms with Gasteiger partial charge in [0.05, 0.1) is 6.61 Å². The van der Waals surface area contributed by atoms with Crippen LogP contribution in [0.5, 0.6) is 5.75 Å². The molecule has 4 nitrogen and oxygen atoms in total. The molecule has 0 aromatic heterocycles. The summed E-state index contributed by atoms with van der Waals surface area (Å²) in [5.41, 5.74) is 0.740. The molecule has 1 atom stereocenters. The van der Waals surface area contributed by atoms with Crippen LogP contribution in [0.15, 0.2) is 24.3 Å². The summed E-state index contributed by atoms with van der Waals surface area (Å²) in [6.07, 6.45) is 0.724. The number of likely N-dealkylation sites (tertiary alicyclic amines) is 1. The lowest BCUT2D eigenvalue weighted by atomic mass is 9.97. The zero-order chi connectivity index (χ0) is 15.5. The van der Waals surface area contributed by atoms with Crippen molar-refractivity contribution in [3.8, 4) is 5.75 Å². The Morgan fingerprint density at radius 1 is 1.33 bits per heavy atom. The summed E-state index contributed by atoms with van der Waals surface area (Å²) in [4.78, 5) is 13.9. The molecular formula is C17H25NO3. The fourth-order valence-corrected chi connectivity index (χ4v) is 2.61. The average Bonchev–Trinajstić information content (AvgIpc) is 2.87. The summed E-state index contributed by atoms with van der Waals surface area (Å²) in [6, 6.07) is 8.09. The van der Waals surface area contributed by atoms with Gasteiger partial charge in [0, 0.05) is 19.0 Å². The first-order valence-electron chi connectivity index (χ1n) is 7.60. The molecule has 1 fully saturated rings. The van der Waals surface area contributed by atoms with Crippen molar-refractivity contribution in [1.29, 1.82) is 0 Å². The molecule has 0 aliphatic carbocycles. The molecule has 2 rings (SSSR count). The van der Waals surface area contributed by atoms with Crippen LogP contribution >= 0.6 is 0 Å². The molecule has 21 heavy (non-hydrogen) atoms. The minimum absolute atomic E-state index is 0.223. The highest BCUT2D eigenvalue weighted by Crippen LogP contribution is 2.34. The number of carbonyl (C=O) groups is 1. The number of hydrogen-bond acceptors (Lipinski definition) is 3. The molecule has 4 heteroatoms. The summed E-state index contributed by atoms with van der Waals surface area (Å²) in [5, 5.41) is 0. The number of carbonyl (C=O) groups excluding carboxylic acids is 1. The molecule has 1 unspecified atom stereocenters. The Kier molecular flexibility index (Phi) is 4.76. The van der Waals surface area contributed by atoms with Gasteiger partial charge in [0.1, 0.15) is 11.4 Å². The van der Waals surface area contributed by atoms with Crippen LogP contribution in [0.25, 0.3) is 0 Å². The SMILES string of the molecule is CCOc1ccccc1C1CCN(C(=O)OC(C)(C)C)C1. The number of rotatable bonds is 3. The molecule has 0 spiro atoms. The second-order valence-corrected chi connectivity index (χ2v) is 6.38. The van der Waals surface area contributed by atoms with E-state index in [0.717, 1.165) is 18.7 Å². The van der Waals surface area contributed by atoms with Crippen molar-refractivity contribution in [3.05, 3.63) is 29.8 Å². The van der Waals surface area contributed by atoms with Crippen LogP contribution < -0.4 is 4.74 Å². The Morgan fingerprint density at radius 2 is 2.05 bits per heavy atom. The third-order valence-electron chi connectivity index (χ3n) is 3.50. The summed E-state index contributed by atoms with van der Waals surface area (Å²) < 4.78 is 11.1. The molecule has 0 N–H and O–H groups in total. The number of para-hydroxylation sites is 1. The topological polar surface area (TPSA) is 38.8 Å². The van der Waals surface area contributed by atoms with Gasteiger partial charge in [-0.25, -0.2) is 4.79 Å². The van der Waals surface area contributed by atoms with Crippen LogP contribution in [0.3, 0.4) is 0 Å². The van der Waals surface area contributed by atoms with E-state index >= 15 is 0 Å². The molecule has 0 saturated carbocycles. The number of hydrogen-bond donors (Lipinski definition) is 0. The van der Waals surface area contributed by atoms with E-state index in [-0.39, 0.29) is 6.09 Å². The minimum atomic E-state index is -0.446. The first-order chi connectivity index (χ1) is 9.90. The van der Waals surface area contributed by atoms with Gasteiger partial charge in [0.25, 0.3) is 0 Å². The molecule has 1 aliphatic heterocycles. The highest BCUT2D eigenvalue weighted by molar-refractivity contribution is 5.68. The fraction of sp³-hybridized carbons (Fsp3) is 0.588. The Hall–Kier alpha value is -1.71. The van der Waals surface area contributed by atoms with Crippen molar-refractivity contribution < 1.29 is 14.3 Å². The van der Waals surface area contributed by atoms with Crippen molar-refractivity contribution in [3.63, 3.8) is 0 Å². The van der Waals surface area contributed by atoms with Crippen LogP contribution in [-0.4, -0.2) is 36.3 Å². The minimum Gasteiger partial charge on any atom is -0.494 e. The second-order valence-electron chi connectivity index (χ2n) is 6.38. The smallest absolute Gasteiger partial charge is 0.410 e. The lowest BCUT2D eigenvalue weighted by Gasteiger charge is -2.24. The van der Waals surface area contributed by atoms with Gasteiger partial charge in [0.2, 0.25) is 0 Å². The number of ether oxygens (including phenoxy) is 2. The zero-order valence-electron chi connectivity index (χ0n) is 13.4. The Balaban J connectivity index is 2.04. The summed E-state index contributed by atoms with van der Waals surface area (Å²) in [6.45, 7) is 9.74. The van der Waals surface area contributed by atoms with Crippen LogP contribution in [-0.2, 0) is 4.74 Å². The largest absolute Gasteiger partial charge is 0.494 e. The Morgan fingerprint density at radius 3 is 2.71 bits per heavy atom. The van der Waals surface area contributed by atoms with Crippen molar-refractivity contribution in [1.82, 2.24) is 4.90 Å². The van der Waals surface area contributed by atoms with E-state index in [0.29, 0.717) is 19.1 Å². The summed E-state index contributed by atoms with van der Waals surface area (Å²) in [7, 11) is 0. The number of nitrogens with zero attached hydrogens (tertiary/aromatic N) is 1. The molecule has 1 amide bonds. The molecule has 1 aromatic carbocycles. The van der Waals surface area contributed by atoms with Crippen molar-refractivity contribution in [2.24, 2.45) is 0 Å². The molecule has 0 radical (unpaired) electrons. The zero-order valence-corrected chi connectivity index (χ0v) is 13.4. The normalized spacial score (nSPS) is 18.7. The molecule has 1 aromatic rings. The summed E-state index contributed by atoms with van der Waals surface area (Å²) in [5.74, 6) is 1.25. The molecule has 1 aliphatic rings. The van der Waals surface area contributed by atoms with Gasteiger partial charge in [-0.15, -0.1) is 0 Å². The fourth-order valence-electron chi connectivity index (χ4n) is 2.61. The Labute approximate surface area is 127 Å². The van der Waals surface area contributed by atoms with Crippen LogP contribution in [0, 0.1) is 0 Å². The van der Waals surface area contributed by atoms with Gasteiger partial charge in [-0.3, -0.25) is 0 Å². The van der Waals surface area contributed by atoms with Crippen LogP contribution in [0.2, 0.25) is 0 Å². The molecule has 1 heterocycles. The Bertz CT molecular complexity index is 493. The van der Waals surface area contributed by atoms with E-state index in [4.69, 9.17) is 9.47 Å². The van der Waals surface area contributed by atoms with Crippen molar-refractivity contribution >= 4 is 6.09 Å². The predicted octanol–water partition coefficient (Wildman–Crippen LogP) is 3.81.